The summed E-state index contributed by atoms with van der Waals surface area (Å²) in [5.74, 6) is 0.587. The summed E-state index contributed by atoms with van der Waals surface area (Å²) in [6.45, 7) is 2.60. The molecule has 0 atom stereocenters. The van der Waals surface area contributed by atoms with E-state index in [1.54, 1.807) is 42.9 Å². The number of benzene rings is 1. The quantitative estimate of drug-likeness (QED) is 0.656. The predicted octanol–water partition coefficient (Wildman–Crippen LogP) is 2.07. The number of ether oxygens (including phenoxy) is 2. The van der Waals surface area contributed by atoms with Gasteiger partial charge in [0.25, 0.3) is 5.56 Å². The molecule has 0 amide bonds. The van der Waals surface area contributed by atoms with E-state index in [2.05, 4.69) is 9.71 Å². The summed E-state index contributed by atoms with van der Waals surface area (Å²) in [6, 6.07) is 6.97. The molecule has 0 unspecified atom stereocenters. The highest BCUT2D eigenvalue weighted by atomic mass is 32.2. The first kappa shape index (κ1) is 18.6. The van der Waals surface area contributed by atoms with E-state index in [9.17, 15) is 13.2 Å². The van der Waals surface area contributed by atoms with E-state index in [1.165, 1.54) is 0 Å². The van der Waals surface area contributed by atoms with Crippen LogP contribution in [0, 0.1) is 0 Å². The Hall–Kier alpha value is -2.78. The van der Waals surface area contributed by atoms with E-state index in [4.69, 9.17) is 9.47 Å². The number of pyridine rings is 1. The summed E-state index contributed by atoms with van der Waals surface area (Å²) in [7, 11) is -1.62. The van der Waals surface area contributed by atoms with Crippen LogP contribution in [0.25, 0.3) is 22.0 Å². The van der Waals surface area contributed by atoms with Gasteiger partial charge in [0.1, 0.15) is 17.4 Å². The Balaban J connectivity index is 1.87. The molecule has 1 aromatic carbocycles. The van der Waals surface area contributed by atoms with Gasteiger partial charge in [-0.15, -0.1) is 0 Å². The maximum atomic E-state index is 12.2. The highest BCUT2D eigenvalue weighted by Crippen LogP contribution is 2.38. The van der Waals surface area contributed by atoms with Gasteiger partial charge in [0.05, 0.1) is 19.0 Å². The molecule has 0 spiro atoms. The number of aromatic amines is 1. The van der Waals surface area contributed by atoms with Crippen LogP contribution in [0.1, 0.15) is 6.92 Å². The Morgan fingerprint density at radius 1 is 1.29 bits per heavy atom. The van der Waals surface area contributed by atoms with Gasteiger partial charge in [0, 0.05) is 41.6 Å². The number of rotatable bonds is 6. The first-order chi connectivity index (χ1) is 13.4. The van der Waals surface area contributed by atoms with E-state index in [1.807, 2.05) is 12.3 Å². The molecule has 0 radical (unpaired) electrons. The number of aromatic nitrogens is 2. The van der Waals surface area contributed by atoms with Crippen LogP contribution in [-0.2, 0) is 21.8 Å². The molecule has 9 heteroatoms. The van der Waals surface area contributed by atoms with E-state index < -0.39 is 10.0 Å². The Kier molecular flexibility index (Phi) is 4.64. The van der Waals surface area contributed by atoms with Gasteiger partial charge in [-0.2, -0.15) is 0 Å². The van der Waals surface area contributed by atoms with Crippen LogP contribution >= 0.6 is 0 Å². The van der Waals surface area contributed by atoms with Crippen LogP contribution in [0.4, 0.5) is 5.69 Å². The molecule has 2 aromatic heterocycles. The van der Waals surface area contributed by atoms with Gasteiger partial charge in [-0.25, -0.2) is 8.42 Å². The lowest BCUT2D eigenvalue weighted by Gasteiger charge is -2.28. The Labute approximate surface area is 162 Å². The second-order valence-corrected chi connectivity index (χ2v) is 8.73. The van der Waals surface area contributed by atoms with Crippen molar-refractivity contribution in [3.8, 4) is 16.9 Å². The lowest BCUT2D eigenvalue weighted by molar-refractivity contribution is -0.0794. The number of hydrogen-bond donors (Lipinski definition) is 2. The van der Waals surface area contributed by atoms with Crippen LogP contribution in [0.15, 0.2) is 41.5 Å². The maximum absolute atomic E-state index is 12.2. The van der Waals surface area contributed by atoms with Crippen LogP contribution in [0.2, 0.25) is 0 Å². The fourth-order valence-corrected chi connectivity index (χ4v) is 3.83. The van der Waals surface area contributed by atoms with E-state index in [-0.39, 0.29) is 17.4 Å². The SMILES string of the molecule is CCS(=O)(=O)Nc1ccc(OC2COC2)c(-c2cn(C)c3c(=O)[nH]ccc23)c1. The molecule has 3 aromatic rings. The monoisotopic (exact) mass is 403 g/mol. The number of hydrogen-bond acceptors (Lipinski definition) is 5. The molecule has 3 heterocycles. The predicted molar refractivity (Wildman–Crippen MR) is 107 cm³/mol. The van der Waals surface area contributed by atoms with Gasteiger partial charge in [0.15, 0.2) is 0 Å². The third-order valence-corrected chi connectivity index (χ3v) is 6.03. The molecule has 28 heavy (non-hydrogen) atoms. The van der Waals surface area contributed by atoms with Crippen molar-refractivity contribution >= 4 is 26.6 Å². The molecule has 1 aliphatic heterocycles. The standard InChI is InChI=1S/C19H21N3O5S/c1-3-28(24,25)21-12-4-5-17(27-13-10-26-11-13)15(8-12)16-9-22(2)18-14(16)6-7-20-19(18)23/h4-9,13,21H,3,10-11H2,1-2H3,(H,20,23). The minimum atomic E-state index is -3.42. The molecule has 148 valence electrons. The molecule has 8 nitrogen and oxygen atoms in total. The third kappa shape index (κ3) is 3.38. The van der Waals surface area contributed by atoms with Crippen LogP contribution in [0.3, 0.4) is 0 Å². The second-order valence-electron chi connectivity index (χ2n) is 6.72. The summed E-state index contributed by atoms with van der Waals surface area (Å²) in [4.78, 5) is 14.9. The topological polar surface area (TPSA) is 102 Å². The molecule has 0 aliphatic carbocycles. The number of anilines is 1. The number of nitrogens with zero attached hydrogens (tertiary/aromatic N) is 1. The van der Waals surface area contributed by atoms with Crippen LogP contribution in [0.5, 0.6) is 5.75 Å². The van der Waals surface area contributed by atoms with Gasteiger partial charge in [-0.3, -0.25) is 9.52 Å². The minimum Gasteiger partial charge on any atom is -0.485 e. The van der Waals surface area contributed by atoms with E-state index in [0.717, 1.165) is 10.9 Å². The number of nitrogens with one attached hydrogen (secondary N) is 2. The van der Waals surface area contributed by atoms with Crippen LogP contribution < -0.4 is 15.0 Å². The maximum Gasteiger partial charge on any atom is 0.272 e. The highest BCUT2D eigenvalue weighted by molar-refractivity contribution is 7.92. The summed E-state index contributed by atoms with van der Waals surface area (Å²) >= 11 is 0. The van der Waals surface area contributed by atoms with Crippen molar-refractivity contribution in [3.05, 3.63) is 47.0 Å². The molecular formula is C19H21N3O5S. The van der Waals surface area contributed by atoms with Gasteiger partial charge in [-0.1, -0.05) is 0 Å². The smallest absolute Gasteiger partial charge is 0.272 e. The minimum absolute atomic E-state index is 0.0242. The van der Waals surface area contributed by atoms with Crippen molar-refractivity contribution in [1.82, 2.24) is 9.55 Å². The fraction of sp³-hybridized carbons (Fsp3) is 0.316. The lowest BCUT2D eigenvalue weighted by Crippen LogP contribution is -2.38. The zero-order valence-electron chi connectivity index (χ0n) is 15.6. The van der Waals surface area contributed by atoms with Crippen molar-refractivity contribution in [2.75, 3.05) is 23.7 Å². The Morgan fingerprint density at radius 2 is 2.07 bits per heavy atom. The zero-order chi connectivity index (χ0) is 19.9. The first-order valence-corrected chi connectivity index (χ1v) is 10.6. The van der Waals surface area contributed by atoms with E-state index in [0.29, 0.717) is 35.7 Å². The van der Waals surface area contributed by atoms with Gasteiger partial charge in [0.2, 0.25) is 10.0 Å². The average molecular weight is 403 g/mol. The largest absolute Gasteiger partial charge is 0.485 e. The normalized spacial score (nSPS) is 14.8. The van der Waals surface area contributed by atoms with Gasteiger partial charge in [-0.05, 0) is 31.2 Å². The van der Waals surface area contributed by atoms with Crippen molar-refractivity contribution < 1.29 is 17.9 Å². The summed E-state index contributed by atoms with van der Waals surface area (Å²) in [5, 5.41) is 0.761. The third-order valence-electron chi connectivity index (χ3n) is 4.72. The molecule has 0 bridgehead atoms. The Bertz CT molecular complexity index is 1190. The molecule has 4 rings (SSSR count). The molecule has 1 fully saturated rings. The molecule has 1 saturated heterocycles. The molecule has 0 saturated carbocycles. The zero-order valence-corrected chi connectivity index (χ0v) is 16.4. The molecular weight excluding hydrogens is 382 g/mol. The molecule has 2 N–H and O–H groups in total. The first-order valence-electron chi connectivity index (χ1n) is 8.94. The van der Waals surface area contributed by atoms with E-state index >= 15 is 0 Å². The van der Waals surface area contributed by atoms with Gasteiger partial charge >= 0.3 is 0 Å². The fourth-order valence-electron chi connectivity index (χ4n) is 3.20. The number of sulfonamides is 1. The molecule has 1 aliphatic rings. The summed E-state index contributed by atoms with van der Waals surface area (Å²) in [6.07, 6.45) is 3.39. The Morgan fingerprint density at radius 3 is 2.75 bits per heavy atom. The average Bonchev–Trinajstić information content (AvgIpc) is 2.96. The van der Waals surface area contributed by atoms with Crippen molar-refractivity contribution in [2.24, 2.45) is 7.05 Å². The van der Waals surface area contributed by atoms with Crippen molar-refractivity contribution in [3.63, 3.8) is 0 Å². The summed E-state index contributed by atoms with van der Waals surface area (Å²) < 4.78 is 39.5. The number of H-pyrrole nitrogens is 1. The number of fused-ring (bicyclic) bond motifs is 1. The van der Waals surface area contributed by atoms with Crippen molar-refractivity contribution in [2.45, 2.75) is 13.0 Å². The highest BCUT2D eigenvalue weighted by Gasteiger charge is 2.23. The lowest BCUT2D eigenvalue weighted by atomic mass is 10.0. The number of aryl methyl sites for hydroxylation is 1. The second kappa shape index (κ2) is 6.99. The van der Waals surface area contributed by atoms with Crippen molar-refractivity contribution in [1.29, 1.82) is 0 Å². The van der Waals surface area contributed by atoms with Crippen LogP contribution in [-0.4, -0.2) is 43.0 Å². The summed E-state index contributed by atoms with van der Waals surface area (Å²) in [5.41, 5.74) is 2.28. The van der Waals surface area contributed by atoms with Gasteiger partial charge < -0.3 is 19.0 Å².